The predicted octanol–water partition coefficient (Wildman–Crippen LogP) is 3.56. The first-order chi connectivity index (χ1) is 9.76. The van der Waals surface area contributed by atoms with Gasteiger partial charge in [0.1, 0.15) is 5.75 Å². The molecule has 2 aliphatic rings. The maximum Gasteiger partial charge on any atom is 0.171 e. The molecule has 3 rings (SSSR count). The van der Waals surface area contributed by atoms with Crippen LogP contribution in [0.5, 0.6) is 5.75 Å². The van der Waals surface area contributed by atoms with Crippen molar-refractivity contribution in [2.45, 2.75) is 38.6 Å². The van der Waals surface area contributed by atoms with Crippen LogP contribution in [0.15, 0.2) is 24.3 Å². The van der Waals surface area contributed by atoms with E-state index in [4.69, 9.17) is 17.0 Å². The van der Waals surface area contributed by atoms with Crippen molar-refractivity contribution in [1.82, 2.24) is 5.32 Å². The Morgan fingerprint density at radius 3 is 2.85 bits per heavy atom. The molecule has 3 atom stereocenters. The number of fused-ring (bicyclic) bond motifs is 2. The Balaban J connectivity index is 1.59. The zero-order chi connectivity index (χ0) is 13.9. The molecule has 0 aromatic heterocycles. The first kappa shape index (κ1) is 13.7. The molecule has 2 saturated carbocycles. The summed E-state index contributed by atoms with van der Waals surface area (Å²) in [6, 6.07) is 8.49. The fourth-order valence-corrected chi connectivity index (χ4v) is 3.86. The van der Waals surface area contributed by atoms with Crippen molar-refractivity contribution in [1.29, 1.82) is 0 Å². The molecule has 0 amide bonds. The van der Waals surface area contributed by atoms with Gasteiger partial charge < -0.3 is 15.4 Å². The number of rotatable bonds is 4. The van der Waals surface area contributed by atoms with Crippen LogP contribution in [-0.2, 0) is 0 Å². The summed E-state index contributed by atoms with van der Waals surface area (Å²) in [4.78, 5) is 0. The molecule has 108 valence electrons. The Labute approximate surface area is 126 Å². The Morgan fingerprint density at radius 1 is 1.30 bits per heavy atom. The van der Waals surface area contributed by atoms with Gasteiger partial charge in [0.25, 0.3) is 0 Å². The van der Waals surface area contributed by atoms with Crippen LogP contribution >= 0.6 is 12.2 Å². The molecular weight excluding hydrogens is 268 g/mol. The summed E-state index contributed by atoms with van der Waals surface area (Å²) < 4.78 is 5.61. The molecule has 0 heterocycles. The summed E-state index contributed by atoms with van der Waals surface area (Å²) in [5.74, 6) is 2.60. The van der Waals surface area contributed by atoms with Gasteiger partial charge in [0.2, 0.25) is 0 Å². The number of ether oxygens (including phenoxy) is 1. The SMILES string of the molecule is CCOc1ccccc1NC(=S)N[C@@H]1C[C@H]2CC[C@@H]1C2. The monoisotopic (exact) mass is 290 g/mol. The van der Waals surface area contributed by atoms with Crippen molar-refractivity contribution in [3.63, 3.8) is 0 Å². The third-order valence-corrected chi connectivity index (χ3v) is 4.71. The van der Waals surface area contributed by atoms with E-state index in [1.807, 2.05) is 31.2 Å². The van der Waals surface area contributed by atoms with E-state index >= 15 is 0 Å². The topological polar surface area (TPSA) is 33.3 Å². The number of thiocarbonyl (C=S) groups is 1. The van der Waals surface area contributed by atoms with E-state index in [-0.39, 0.29) is 0 Å². The van der Waals surface area contributed by atoms with E-state index in [0.717, 1.165) is 28.4 Å². The molecule has 3 nitrogen and oxygen atoms in total. The molecule has 0 aliphatic heterocycles. The van der Waals surface area contributed by atoms with E-state index < -0.39 is 0 Å². The van der Waals surface area contributed by atoms with Gasteiger partial charge in [-0.3, -0.25) is 0 Å². The maximum absolute atomic E-state index is 5.61. The fourth-order valence-electron chi connectivity index (χ4n) is 3.60. The lowest BCUT2D eigenvalue weighted by Gasteiger charge is -2.25. The van der Waals surface area contributed by atoms with Gasteiger partial charge in [0.15, 0.2) is 5.11 Å². The largest absolute Gasteiger partial charge is 0.492 e. The van der Waals surface area contributed by atoms with Gasteiger partial charge in [0.05, 0.1) is 12.3 Å². The van der Waals surface area contributed by atoms with Crippen molar-refractivity contribution in [3.8, 4) is 5.75 Å². The average Bonchev–Trinajstić information content (AvgIpc) is 3.03. The highest BCUT2D eigenvalue weighted by Crippen LogP contribution is 2.44. The molecule has 20 heavy (non-hydrogen) atoms. The van der Waals surface area contributed by atoms with Crippen LogP contribution in [0.2, 0.25) is 0 Å². The van der Waals surface area contributed by atoms with E-state index in [0.29, 0.717) is 12.6 Å². The molecule has 4 heteroatoms. The molecule has 0 spiro atoms. The highest BCUT2D eigenvalue weighted by atomic mass is 32.1. The Kier molecular flexibility index (Phi) is 4.10. The second kappa shape index (κ2) is 6.00. The number of hydrogen-bond donors (Lipinski definition) is 2. The van der Waals surface area contributed by atoms with Crippen molar-refractivity contribution in [3.05, 3.63) is 24.3 Å². The van der Waals surface area contributed by atoms with E-state index in [9.17, 15) is 0 Å². The van der Waals surface area contributed by atoms with Crippen molar-refractivity contribution in [2.24, 2.45) is 11.8 Å². The minimum Gasteiger partial charge on any atom is -0.492 e. The number of benzene rings is 1. The second-order valence-corrected chi connectivity index (χ2v) is 6.22. The maximum atomic E-state index is 5.61. The Bertz CT molecular complexity index is 491. The zero-order valence-corrected chi connectivity index (χ0v) is 12.7. The molecule has 2 aliphatic carbocycles. The molecule has 0 radical (unpaired) electrons. The van der Waals surface area contributed by atoms with Gasteiger partial charge >= 0.3 is 0 Å². The number of para-hydroxylation sites is 2. The van der Waals surface area contributed by atoms with Gasteiger partial charge in [-0.1, -0.05) is 18.6 Å². The normalized spacial score (nSPS) is 27.4. The highest BCUT2D eigenvalue weighted by Gasteiger charge is 2.39. The van der Waals surface area contributed by atoms with Crippen LogP contribution in [0.4, 0.5) is 5.69 Å². The number of nitrogens with one attached hydrogen (secondary N) is 2. The van der Waals surface area contributed by atoms with E-state index in [2.05, 4.69) is 10.6 Å². The van der Waals surface area contributed by atoms with Crippen molar-refractivity contribution < 1.29 is 4.74 Å². The molecule has 1 aromatic rings. The smallest absolute Gasteiger partial charge is 0.171 e. The van der Waals surface area contributed by atoms with Gasteiger partial charge in [0, 0.05) is 6.04 Å². The second-order valence-electron chi connectivity index (χ2n) is 5.81. The molecule has 2 bridgehead atoms. The molecule has 0 saturated heterocycles. The quantitative estimate of drug-likeness (QED) is 0.831. The van der Waals surface area contributed by atoms with Crippen molar-refractivity contribution >= 4 is 23.0 Å². The van der Waals surface area contributed by atoms with Crippen LogP contribution in [0, 0.1) is 11.8 Å². The number of hydrogen-bond acceptors (Lipinski definition) is 2. The first-order valence-corrected chi connectivity index (χ1v) is 7.96. The first-order valence-electron chi connectivity index (χ1n) is 7.55. The van der Waals surface area contributed by atoms with Crippen LogP contribution in [0.3, 0.4) is 0 Å². The highest BCUT2D eigenvalue weighted by molar-refractivity contribution is 7.80. The molecule has 1 aromatic carbocycles. The van der Waals surface area contributed by atoms with Crippen LogP contribution in [-0.4, -0.2) is 17.8 Å². The van der Waals surface area contributed by atoms with Crippen LogP contribution in [0.25, 0.3) is 0 Å². The summed E-state index contributed by atoms with van der Waals surface area (Å²) in [6.07, 6.45) is 5.44. The third kappa shape index (κ3) is 2.90. The minimum atomic E-state index is 0.563. The van der Waals surface area contributed by atoms with Crippen LogP contribution < -0.4 is 15.4 Å². The standard InChI is InChI=1S/C16H22N2OS/c1-2-19-15-6-4-3-5-13(15)17-16(20)18-14-10-11-7-8-12(14)9-11/h3-6,11-12,14H,2,7-10H2,1H3,(H2,17,18,20)/t11-,12+,14+/m0/s1. The molecular formula is C16H22N2OS. The lowest BCUT2D eigenvalue weighted by Crippen LogP contribution is -2.40. The lowest BCUT2D eigenvalue weighted by atomic mass is 9.96. The third-order valence-electron chi connectivity index (χ3n) is 4.49. The minimum absolute atomic E-state index is 0.563. The van der Waals surface area contributed by atoms with E-state index in [1.54, 1.807) is 0 Å². The summed E-state index contributed by atoms with van der Waals surface area (Å²) in [7, 11) is 0. The Morgan fingerprint density at radius 2 is 2.15 bits per heavy atom. The van der Waals surface area contributed by atoms with Crippen molar-refractivity contribution in [2.75, 3.05) is 11.9 Å². The summed E-state index contributed by atoms with van der Waals surface area (Å²) >= 11 is 5.45. The molecule has 0 unspecified atom stereocenters. The number of anilines is 1. The predicted molar refractivity (Wildman–Crippen MR) is 86.2 cm³/mol. The average molecular weight is 290 g/mol. The summed E-state index contributed by atoms with van der Waals surface area (Å²) in [6.45, 7) is 2.65. The fraction of sp³-hybridized carbons (Fsp3) is 0.562. The zero-order valence-electron chi connectivity index (χ0n) is 11.9. The molecule has 2 N–H and O–H groups in total. The van der Waals surface area contributed by atoms with Gasteiger partial charge in [-0.2, -0.15) is 0 Å². The Hall–Kier alpha value is -1.29. The molecule has 2 fully saturated rings. The summed E-state index contributed by atoms with van der Waals surface area (Å²) in [5, 5.41) is 7.49. The van der Waals surface area contributed by atoms with Gasteiger partial charge in [-0.25, -0.2) is 0 Å². The van der Waals surface area contributed by atoms with Gasteiger partial charge in [-0.05, 0) is 62.4 Å². The van der Waals surface area contributed by atoms with Crippen LogP contribution in [0.1, 0.15) is 32.6 Å². The lowest BCUT2D eigenvalue weighted by molar-refractivity contribution is 0.342. The van der Waals surface area contributed by atoms with E-state index in [1.165, 1.54) is 25.7 Å². The summed E-state index contributed by atoms with van der Waals surface area (Å²) in [5.41, 5.74) is 0.940. The van der Waals surface area contributed by atoms with Gasteiger partial charge in [-0.15, -0.1) is 0 Å².